The number of amides is 1. The smallest absolute Gasteiger partial charge is 0.307 e. The number of nitrogens with zero attached hydrogens (tertiary/aromatic N) is 1. The van der Waals surface area contributed by atoms with Gasteiger partial charge >= 0.3 is 5.91 Å². The van der Waals surface area contributed by atoms with Crippen LogP contribution in [0, 0.1) is 0 Å². The molecule has 0 radical (unpaired) electrons. The van der Waals surface area contributed by atoms with Crippen molar-refractivity contribution in [2.45, 2.75) is 0 Å². The number of carbonyl (C=O) groups excluding carboxylic acids is 1. The van der Waals surface area contributed by atoms with Crippen molar-refractivity contribution in [3.05, 3.63) is 75.9 Å². The van der Waals surface area contributed by atoms with Crippen LogP contribution >= 0.6 is 27.5 Å². The fourth-order valence-electron chi connectivity index (χ4n) is 2.25. The minimum Gasteiger partial charge on any atom is -0.487 e. The van der Waals surface area contributed by atoms with Gasteiger partial charge < -0.3 is 9.15 Å². The first-order valence-corrected chi connectivity index (χ1v) is 8.80. The second-order valence-electron chi connectivity index (χ2n) is 5.26. The fraction of sp³-hybridized carbons (Fsp3) is 0.0526. The summed E-state index contributed by atoms with van der Waals surface area (Å²) in [7, 11) is 0. The molecule has 0 bridgehead atoms. The Bertz CT molecular complexity index is 941. The highest BCUT2D eigenvalue weighted by Crippen LogP contribution is 2.34. The SMILES string of the molecule is C=CCOc1c(Cl)cc(/C=N/NC(=O)c2cc3ccccc3o2)cc1Br. The second-order valence-corrected chi connectivity index (χ2v) is 6.52. The van der Waals surface area contributed by atoms with Crippen LogP contribution in [0.2, 0.25) is 5.02 Å². The summed E-state index contributed by atoms with van der Waals surface area (Å²) in [6, 6.07) is 12.5. The van der Waals surface area contributed by atoms with E-state index in [-0.39, 0.29) is 5.76 Å². The van der Waals surface area contributed by atoms with Crippen LogP contribution in [0.4, 0.5) is 0 Å². The Balaban J connectivity index is 1.69. The molecule has 1 amide bonds. The van der Waals surface area contributed by atoms with Crippen molar-refractivity contribution in [1.82, 2.24) is 5.43 Å². The molecule has 1 N–H and O–H groups in total. The monoisotopic (exact) mass is 432 g/mol. The summed E-state index contributed by atoms with van der Waals surface area (Å²) < 4.78 is 11.6. The quantitative estimate of drug-likeness (QED) is 0.331. The van der Waals surface area contributed by atoms with Gasteiger partial charge in [0.2, 0.25) is 0 Å². The summed E-state index contributed by atoms with van der Waals surface area (Å²) in [5, 5.41) is 5.22. The molecule has 0 fully saturated rings. The van der Waals surface area contributed by atoms with Crippen LogP contribution < -0.4 is 10.2 Å². The molecule has 0 unspecified atom stereocenters. The molecule has 0 aliphatic carbocycles. The lowest BCUT2D eigenvalue weighted by Crippen LogP contribution is -2.16. The largest absolute Gasteiger partial charge is 0.487 e. The van der Waals surface area contributed by atoms with Gasteiger partial charge in [0.15, 0.2) is 11.5 Å². The highest BCUT2D eigenvalue weighted by molar-refractivity contribution is 9.10. The molecule has 0 saturated carbocycles. The average Bonchev–Trinajstić information content (AvgIpc) is 3.05. The van der Waals surface area contributed by atoms with Gasteiger partial charge in [0.1, 0.15) is 12.2 Å². The van der Waals surface area contributed by atoms with Gasteiger partial charge in [-0.25, -0.2) is 5.43 Å². The summed E-state index contributed by atoms with van der Waals surface area (Å²) in [4.78, 5) is 12.1. The molecule has 0 aliphatic rings. The number of halogens is 2. The molecule has 3 aromatic rings. The highest BCUT2D eigenvalue weighted by atomic mass is 79.9. The Kier molecular flexibility index (Phi) is 5.75. The zero-order valence-corrected chi connectivity index (χ0v) is 15.9. The van der Waals surface area contributed by atoms with E-state index in [2.05, 4.69) is 33.0 Å². The third kappa shape index (κ3) is 4.15. The number of hydrogen-bond donors (Lipinski definition) is 1. The Morgan fingerprint density at radius 3 is 2.88 bits per heavy atom. The van der Waals surface area contributed by atoms with Gasteiger partial charge in [0, 0.05) is 5.39 Å². The third-order valence-electron chi connectivity index (χ3n) is 3.40. The van der Waals surface area contributed by atoms with Gasteiger partial charge in [0.25, 0.3) is 0 Å². The fourth-order valence-corrected chi connectivity index (χ4v) is 3.24. The molecule has 2 aromatic carbocycles. The maximum atomic E-state index is 12.1. The Labute approximate surface area is 163 Å². The predicted octanol–water partition coefficient (Wildman–Crippen LogP) is 5.18. The topological polar surface area (TPSA) is 63.8 Å². The second kappa shape index (κ2) is 8.21. The van der Waals surface area contributed by atoms with E-state index in [0.717, 1.165) is 5.39 Å². The normalized spacial score (nSPS) is 11.0. The zero-order valence-electron chi connectivity index (χ0n) is 13.5. The van der Waals surface area contributed by atoms with E-state index < -0.39 is 5.91 Å². The Hall–Kier alpha value is -2.57. The lowest BCUT2D eigenvalue weighted by atomic mass is 10.2. The summed E-state index contributed by atoms with van der Waals surface area (Å²) in [5.41, 5.74) is 3.77. The van der Waals surface area contributed by atoms with Crippen molar-refractivity contribution in [3.63, 3.8) is 0 Å². The number of hydrogen-bond acceptors (Lipinski definition) is 4. The van der Waals surface area contributed by atoms with E-state index in [9.17, 15) is 4.79 Å². The summed E-state index contributed by atoms with van der Waals surface area (Å²) in [6.07, 6.45) is 3.11. The number of benzene rings is 2. The number of carbonyl (C=O) groups is 1. The predicted molar refractivity (Wildman–Crippen MR) is 106 cm³/mol. The molecule has 1 heterocycles. The molecule has 0 spiro atoms. The van der Waals surface area contributed by atoms with Gasteiger partial charge in [-0.15, -0.1) is 0 Å². The number of furan rings is 1. The number of hydrazone groups is 1. The Morgan fingerprint density at radius 1 is 1.35 bits per heavy atom. The van der Waals surface area contributed by atoms with Crippen LogP contribution in [0.3, 0.4) is 0 Å². The number of nitrogens with one attached hydrogen (secondary N) is 1. The summed E-state index contributed by atoms with van der Waals surface area (Å²) in [6.45, 7) is 3.94. The van der Waals surface area contributed by atoms with Crippen LogP contribution in [-0.2, 0) is 0 Å². The Morgan fingerprint density at radius 2 is 2.15 bits per heavy atom. The molecule has 132 valence electrons. The minimum absolute atomic E-state index is 0.190. The lowest BCUT2D eigenvalue weighted by Gasteiger charge is -2.09. The molecule has 7 heteroatoms. The van der Waals surface area contributed by atoms with Crippen molar-refractivity contribution in [3.8, 4) is 5.75 Å². The highest BCUT2D eigenvalue weighted by Gasteiger charge is 2.11. The van der Waals surface area contributed by atoms with Crippen LogP contribution in [0.1, 0.15) is 16.1 Å². The van der Waals surface area contributed by atoms with Crippen LogP contribution in [-0.4, -0.2) is 18.7 Å². The van der Waals surface area contributed by atoms with E-state index >= 15 is 0 Å². The van der Waals surface area contributed by atoms with Crippen molar-refractivity contribution in [2.75, 3.05) is 6.61 Å². The molecule has 0 atom stereocenters. The van der Waals surface area contributed by atoms with Crippen molar-refractivity contribution >= 4 is 50.6 Å². The maximum absolute atomic E-state index is 12.1. The first-order chi connectivity index (χ1) is 12.6. The molecule has 26 heavy (non-hydrogen) atoms. The van der Waals surface area contributed by atoms with E-state index in [4.69, 9.17) is 20.8 Å². The number of para-hydroxylation sites is 1. The number of ether oxygens (including phenoxy) is 1. The molecule has 0 aliphatic heterocycles. The lowest BCUT2D eigenvalue weighted by molar-refractivity contribution is 0.0929. The van der Waals surface area contributed by atoms with E-state index in [1.165, 1.54) is 6.21 Å². The first kappa shape index (κ1) is 18.2. The number of rotatable bonds is 6. The standard InChI is InChI=1S/C19H14BrClN2O3/c1-2-7-25-18-14(20)8-12(9-15(18)21)11-22-23-19(24)17-10-13-5-3-4-6-16(13)26-17/h2-6,8-11H,1,7H2,(H,23,24)/b22-11+. The minimum atomic E-state index is -0.437. The van der Waals surface area contributed by atoms with Crippen molar-refractivity contribution in [2.24, 2.45) is 5.10 Å². The van der Waals surface area contributed by atoms with Gasteiger partial charge in [-0.2, -0.15) is 5.10 Å². The van der Waals surface area contributed by atoms with Crippen LogP contribution in [0.25, 0.3) is 11.0 Å². The van der Waals surface area contributed by atoms with E-state index in [1.54, 1.807) is 30.3 Å². The molecule has 1 aromatic heterocycles. The molecular formula is C19H14BrClN2O3. The number of fused-ring (bicyclic) bond motifs is 1. The van der Waals surface area contributed by atoms with Gasteiger partial charge in [0.05, 0.1) is 15.7 Å². The third-order valence-corrected chi connectivity index (χ3v) is 4.26. The molecule has 5 nitrogen and oxygen atoms in total. The average molecular weight is 434 g/mol. The van der Waals surface area contributed by atoms with Gasteiger partial charge in [-0.1, -0.05) is 42.5 Å². The maximum Gasteiger partial charge on any atom is 0.307 e. The zero-order chi connectivity index (χ0) is 18.5. The van der Waals surface area contributed by atoms with Gasteiger partial charge in [-0.3, -0.25) is 4.79 Å². The molecule has 0 saturated heterocycles. The van der Waals surface area contributed by atoms with E-state index in [1.807, 2.05) is 18.2 Å². The first-order valence-electron chi connectivity index (χ1n) is 7.63. The van der Waals surface area contributed by atoms with Gasteiger partial charge in [-0.05, 0) is 45.8 Å². The van der Waals surface area contributed by atoms with Crippen molar-refractivity contribution in [1.29, 1.82) is 0 Å². The van der Waals surface area contributed by atoms with Crippen LogP contribution in [0.15, 0.2) is 69.1 Å². The van der Waals surface area contributed by atoms with Crippen molar-refractivity contribution < 1.29 is 13.9 Å². The molecule has 3 rings (SSSR count). The summed E-state index contributed by atoms with van der Waals surface area (Å²) in [5.74, 6) is 0.277. The summed E-state index contributed by atoms with van der Waals surface area (Å²) >= 11 is 9.60. The van der Waals surface area contributed by atoms with Crippen LogP contribution in [0.5, 0.6) is 5.75 Å². The molecular weight excluding hydrogens is 420 g/mol. The van der Waals surface area contributed by atoms with E-state index in [0.29, 0.717) is 33.0 Å².